The van der Waals surface area contributed by atoms with E-state index in [1.165, 1.54) is 0 Å². The number of amides is 1. The van der Waals surface area contributed by atoms with E-state index in [4.69, 9.17) is 0 Å². The van der Waals surface area contributed by atoms with Gasteiger partial charge in [0.2, 0.25) is 0 Å². The summed E-state index contributed by atoms with van der Waals surface area (Å²) in [5.74, 6) is 0.818. The third kappa shape index (κ3) is 2.71. The van der Waals surface area contributed by atoms with Gasteiger partial charge in [-0.25, -0.2) is 0 Å². The minimum atomic E-state index is 0.200. The zero-order chi connectivity index (χ0) is 12.3. The molecule has 1 aromatic carbocycles. The van der Waals surface area contributed by atoms with Crippen molar-refractivity contribution in [3.05, 3.63) is 35.4 Å². The smallest absolute Gasteiger partial charge is 0.254 e. The van der Waals surface area contributed by atoms with E-state index in [1.807, 2.05) is 29.2 Å². The van der Waals surface area contributed by atoms with Crippen LogP contribution in [0.2, 0.25) is 0 Å². The Morgan fingerprint density at radius 1 is 1.47 bits per heavy atom. The van der Waals surface area contributed by atoms with Crippen molar-refractivity contribution in [2.75, 3.05) is 18.4 Å². The Hall–Kier alpha value is -0.830. The van der Waals surface area contributed by atoms with Crippen LogP contribution in [-0.4, -0.2) is 29.2 Å². The molecule has 0 saturated carbocycles. The predicted molar refractivity (Wildman–Crippen MR) is 73.6 cm³/mol. The van der Waals surface area contributed by atoms with Crippen LogP contribution in [0.1, 0.15) is 29.3 Å². The van der Waals surface area contributed by atoms with Crippen LogP contribution in [0.15, 0.2) is 24.3 Å². The summed E-state index contributed by atoms with van der Waals surface area (Å²) >= 11 is 3.50. The lowest BCUT2D eigenvalue weighted by molar-refractivity contribution is 0.0787. The molecule has 0 N–H and O–H groups in total. The van der Waals surface area contributed by atoms with Gasteiger partial charge in [-0.15, -0.1) is 0 Å². The number of halogens is 1. The van der Waals surface area contributed by atoms with E-state index in [0.29, 0.717) is 5.92 Å². The highest BCUT2D eigenvalue weighted by Gasteiger charge is 2.26. The number of carbonyl (C=O) groups excluding carboxylic acids is 1. The number of hydrogen-bond donors (Lipinski definition) is 0. The third-order valence-electron chi connectivity index (χ3n) is 3.42. The molecule has 0 aliphatic carbocycles. The summed E-state index contributed by atoms with van der Waals surface area (Å²) in [4.78, 5) is 14.4. The second-order valence-electron chi connectivity index (χ2n) is 4.57. The van der Waals surface area contributed by atoms with E-state index in [9.17, 15) is 4.79 Å². The first kappa shape index (κ1) is 12.6. The molecule has 0 spiro atoms. The molecule has 1 atom stereocenters. The van der Waals surface area contributed by atoms with Crippen LogP contribution in [0.5, 0.6) is 0 Å². The number of likely N-dealkylation sites (tertiary alicyclic amines) is 1. The number of carbonyl (C=O) groups is 1. The number of aryl methyl sites for hydroxylation is 1. The standard InChI is InChI=1S/C14H18BrNO/c1-2-12-5-3-4-6-13(12)14(17)16-8-7-11(9-15)10-16/h3-6,11H,2,7-10H2,1H3. The Morgan fingerprint density at radius 3 is 2.88 bits per heavy atom. The van der Waals surface area contributed by atoms with Gasteiger partial charge in [0.25, 0.3) is 5.91 Å². The summed E-state index contributed by atoms with van der Waals surface area (Å²) in [6.45, 7) is 3.88. The highest BCUT2D eigenvalue weighted by atomic mass is 79.9. The van der Waals surface area contributed by atoms with Crippen LogP contribution in [-0.2, 0) is 6.42 Å². The average Bonchev–Trinajstić information content (AvgIpc) is 2.86. The van der Waals surface area contributed by atoms with Gasteiger partial charge in [-0.2, -0.15) is 0 Å². The quantitative estimate of drug-likeness (QED) is 0.785. The van der Waals surface area contributed by atoms with Gasteiger partial charge >= 0.3 is 0 Å². The zero-order valence-electron chi connectivity index (χ0n) is 10.2. The molecule has 1 saturated heterocycles. The molecule has 17 heavy (non-hydrogen) atoms. The number of rotatable bonds is 3. The molecule has 3 heteroatoms. The van der Waals surface area contributed by atoms with Gasteiger partial charge in [0, 0.05) is 24.0 Å². The summed E-state index contributed by atoms with van der Waals surface area (Å²) in [6.07, 6.45) is 2.03. The van der Waals surface area contributed by atoms with Crippen LogP contribution < -0.4 is 0 Å². The first-order valence-electron chi connectivity index (χ1n) is 6.19. The Kier molecular flexibility index (Phi) is 4.21. The molecule has 1 unspecified atom stereocenters. The molecular weight excluding hydrogens is 278 g/mol. The van der Waals surface area contributed by atoms with Crippen molar-refractivity contribution >= 4 is 21.8 Å². The Balaban J connectivity index is 2.15. The fraction of sp³-hybridized carbons (Fsp3) is 0.500. The number of nitrogens with zero attached hydrogens (tertiary/aromatic N) is 1. The summed E-state index contributed by atoms with van der Waals surface area (Å²) in [5, 5.41) is 0.992. The van der Waals surface area contributed by atoms with Crippen molar-refractivity contribution < 1.29 is 4.79 Å². The van der Waals surface area contributed by atoms with Crippen LogP contribution in [0.25, 0.3) is 0 Å². The molecule has 1 aliphatic rings. The van der Waals surface area contributed by atoms with Gasteiger partial charge in [-0.3, -0.25) is 4.79 Å². The van der Waals surface area contributed by atoms with Crippen molar-refractivity contribution in [1.29, 1.82) is 0 Å². The third-order valence-corrected chi connectivity index (χ3v) is 4.34. The van der Waals surface area contributed by atoms with Crippen molar-refractivity contribution in [2.45, 2.75) is 19.8 Å². The predicted octanol–water partition coefficient (Wildman–Crippen LogP) is 3.11. The lowest BCUT2D eigenvalue weighted by Gasteiger charge is -2.18. The zero-order valence-corrected chi connectivity index (χ0v) is 11.7. The molecule has 1 aliphatic heterocycles. The fourth-order valence-electron chi connectivity index (χ4n) is 2.35. The van der Waals surface area contributed by atoms with Crippen LogP contribution >= 0.6 is 15.9 Å². The molecule has 2 nitrogen and oxygen atoms in total. The molecule has 2 rings (SSSR count). The molecule has 0 bridgehead atoms. The summed E-state index contributed by atoms with van der Waals surface area (Å²) in [6, 6.07) is 7.94. The van der Waals surface area contributed by atoms with Crippen LogP contribution in [0, 0.1) is 5.92 Å². The highest BCUT2D eigenvalue weighted by molar-refractivity contribution is 9.09. The Bertz CT molecular complexity index is 405. The van der Waals surface area contributed by atoms with Crippen molar-refractivity contribution in [1.82, 2.24) is 4.90 Å². The SMILES string of the molecule is CCc1ccccc1C(=O)N1CCC(CBr)C1. The van der Waals surface area contributed by atoms with Crippen molar-refractivity contribution in [2.24, 2.45) is 5.92 Å². The van der Waals surface area contributed by atoms with Gasteiger partial charge < -0.3 is 4.90 Å². The molecule has 1 fully saturated rings. The molecule has 1 amide bonds. The van der Waals surface area contributed by atoms with Gasteiger partial charge in [0.15, 0.2) is 0 Å². The average molecular weight is 296 g/mol. The molecule has 0 aromatic heterocycles. The first-order valence-corrected chi connectivity index (χ1v) is 7.31. The monoisotopic (exact) mass is 295 g/mol. The van der Waals surface area contributed by atoms with E-state index >= 15 is 0 Å². The van der Waals surface area contributed by atoms with Crippen LogP contribution in [0.4, 0.5) is 0 Å². The van der Waals surface area contributed by atoms with E-state index in [2.05, 4.69) is 22.9 Å². The Morgan fingerprint density at radius 2 is 2.24 bits per heavy atom. The molecule has 1 aromatic rings. The first-order chi connectivity index (χ1) is 8.26. The lowest BCUT2D eigenvalue weighted by Crippen LogP contribution is -2.29. The van der Waals surface area contributed by atoms with Gasteiger partial charge in [0.1, 0.15) is 0 Å². The largest absolute Gasteiger partial charge is 0.338 e. The number of benzene rings is 1. The number of hydrogen-bond acceptors (Lipinski definition) is 1. The van der Waals surface area contributed by atoms with Crippen molar-refractivity contribution in [3.8, 4) is 0 Å². The van der Waals surface area contributed by atoms with Gasteiger partial charge in [-0.1, -0.05) is 41.1 Å². The van der Waals surface area contributed by atoms with Crippen LogP contribution in [0.3, 0.4) is 0 Å². The van der Waals surface area contributed by atoms with Gasteiger partial charge in [0.05, 0.1) is 0 Å². The highest BCUT2D eigenvalue weighted by Crippen LogP contribution is 2.21. The molecular formula is C14H18BrNO. The summed E-state index contributed by atoms with van der Waals surface area (Å²) in [5.41, 5.74) is 2.03. The number of alkyl halides is 1. The molecule has 0 radical (unpaired) electrons. The minimum Gasteiger partial charge on any atom is -0.338 e. The van der Waals surface area contributed by atoms with E-state index in [0.717, 1.165) is 42.4 Å². The lowest BCUT2D eigenvalue weighted by atomic mass is 10.0. The van der Waals surface area contributed by atoms with E-state index in [1.54, 1.807) is 0 Å². The fourth-order valence-corrected chi connectivity index (χ4v) is 2.88. The van der Waals surface area contributed by atoms with E-state index < -0.39 is 0 Å². The van der Waals surface area contributed by atoms with Gasteiger partial charge in [-0.05, 0) is 30.4 Å². The topological polar surface area (TPSA) is 20.3 Å². The maximum Gasteiger partial charge on any atom is 0.254 e. The summed E-state index contributed by atoms with van der Waals surface area (Å²) in [7, 11) is 0. The second kappa shape index (κ2) is 5.67. The summed E-state index contributed by atoms with van der Waals surface area (Å²) < 4.78 is 0. The maximum absolute atomic E-state index is 12.4. The maximum atomic E-state index is 12.4. The van der Waals surface area contributed by atoms with E-state index in [-0.39, 0.29) is 5.91 Å². The van der Waals surface area contributed by atoms with Crippen molar-refractivity contribution in [3.63, 3.8) is 0 Å². The Labute approximate surface area is 111 Å². The second-order valence-corrected chi connectivity index (χ2v) is 5.22. The minimum absolute atomic E-state index is 0.200. The molecule has 92 valence electrons. The molecule has 1 heterocycles. The normalized spacial score (nSPS) is 19.6.